The van der Waals surface area contributed by atoms with Crippen LogP contribution in [-0.4, -0.2) is 26.4 Å². The summed E-state index contributed by atoms with van der Waals surface area (Å²) in [6.45, 7) is 1.46. The molecule has 29 heavy (non-hydrogen) atoms. The van der Waals surface area contributed by atoms with Crippen molar-refractivity contribution in [3.63, 3.8) is 0 Å². The van der Waals surface area contributed by atoms with E-state index >= 15 is 0 Å². The smallest absolute Gasteiger partial charge is 0.337 e. The Morgan fingerprint density at radius 1 is 1.14 bits per heavy atom. The summed E-state index contributed by atoms with van der Waals surface area (Å²) in [5, 5.41) is 11.9. The quantitative estimate of drug-likeness (QED) is 0.716. The number of pyridine rings is 1. The first kappa shape index (κ1) is 18.6. The van der Waals surface area contributed by atoms with Gasteiger partial charge in [0.1, 0.15) is 5.65 Å². The number of anilines is 1. The van der Waals surface area contributed by atoms with Crippen LogP contribution in [0.25, 0.3) is 17.3 Å². The summed E-state index contributed by atoms with van der Waals surface area (Å²) in [7, 11) is 0. The van der Waals surface area contributed by atoms with Crippen molar-refractivity contribution < 1.29 is 14.7 Å². The van der Waals surface area contributed by atoms with Gasteiger partial charge in [-0.1, -0.05) is 12.1 Å². The molecule has 7 heteroatoms. The molecule has 2 aromatic heterocycles. The van der Waals surface area contributed by atoms with Crippen molar-refractivity contribution in [3.05, 3.63) is 75.3 Å². The Balaban J connectivity index is 1.78. The molecular formula is C22H19N3O4. The number of carbonyl (C=O) groups excluding carboxylic acids is 1. The molecule has 1 aromatic carbocycles. The topological polar surface area (TPSA) is 101 Å². The van der Waals surface area contributed by atoms with Gasteiger partial charge in [0.25, 0.3) is 5.56 Å². The standard InChI is InChI=1S/C22H19N3O4/c1-13(26)23-17-8-5-14(6-9-17)11-15-3-2-4-18-20(15)24-19-10-7-16(22(28)29)12-25(19)21(18)27/h5-12H,2-4H2,1H3,(H,23,26)(H,28,29). The first-order valence-corrected chi connectivity index (χ1v) is 9.29. The number of benzene rings is 1. The van der Waals surface area contributed by atoms with Crippen LogP contribution in [0, 0.1) is 0 Å². The van der Waals surface area contributed by atoms with Crippen LogP contribution < -0.4 is 10.9 Å². The molecule has 0 bridgehead atoms. The number of allylic oxidation sites excluding steroid dienone is 1. The molecule has 1 aliphatic carbocycles. The van der Waals surface area contributed by atoms with E-state index in [4.69, 9.17) is 0 Å². The molecule has 146 valence electrons. The van der Waals surface area contributed by atoms with Gasteiger partial charge in [-0.3, -0.25) is 14.0 Å². The number of aromatic nitrogens is 2. The molecule has 0 spiro atoms. The van der Waals surface area contributed by atoms with Crippen molar-refractivity contribution in [2.45, 2.75) is 26.2 Å². The molecule has 0 radical (unpaired) electrons. The van der Waals surface area contributed by atoms with Gasteiger partial charge in [-0.25, -0.2) is 9.78 Å². The zero-order valence-electron chi connectivity index (χ0n) is 15.8. The highest BCUT2D eigenvalue weighted by Gasteiger charge is 2.21. The third kappa shape index (κ3) is 3.67. The first-order chi connectivity index (χ1) is 13.9. The lowest BCUT2D eigenvalue weighted by Gasteiger charge is -2.18. The molecule has 7 nitrogen and oxygen atoms in total. The molecule has 0 saturated carbocycles. The Kier molecular flexibility index (Phi) is 4.72. The van der Waals surface area contributed by atoms with Gasteiger partial charge < -0.3 is 10.4 Å². The van der Waals surface area contributed by atoms with Crippen LogP contribution in [0.3, 0.4) is 0 Å². The molecule has 0 unspecified atom stereocenters. The van der Waals surface area contributed by atoms with Crippen molar-refractivity contribution in [3.8, 4) is 0 Å². The predicted molar refractivity (Wildman–Crippen MR) is 110 cm³/mol. The minimum Gasteiger partial charge on any atom is -0.478 e. The molecule has 3 aromatic rings. The molecule has 2 heterocycles. The van der Waals surface area contributed by atoms with E-state index < -0.39 is 5.97 Å². The van der Waals surface area contributed by atoms with Crippen LogP contribution in [-0.2, 0) is 11.2 Å². The Labute approximate surface area is 166 Å². The Hall–Kier alpha value is -3.74. The number of nitrogens with zero attached hydrogens (tertiary/aromatic N) is 2. The van der Waals surface area contributed by atoms with Crippen LogP contribution in [0.1, 0.15) is 46.9 Å². The predicted octanol–water partition coefficient (Wildman–Crippen LogP) is 3.23. The van der Waals surface area contributed by atoms with Crippen LogP contribution in [0.15, 0.2) is 47.4 Å². The highest BCUT2D eigenvalue weighted by atomic mass is 16.4. The van der Waals surface area contributed by atoms with Gasteiger partial charge in [-0.15, -0.1) is 0 Å². The highest BCUT2D eigenvalue weighted by molar-refractivity contribution is 5.89. The Morgan fingerprint density at radius 2 is 1.90 bits per heavy atom. The summed E-state index contributed by atoms with van der Waals surface area (Å²) in [5.74, 6) is -1.21. The van der Waals surface area contributed by atoms with Crippen molar-refractivity contribution in [2.24, 2.45) is 0 Å². The number of fused-ring (bicyclic) bond motifs is 2. The Bertz CT molecular complexity index is 1220. The van der Waals surface area contributed by atoms with E-state index in [0.717, 1.165) is 29.7 Å². The summed E-state index contributed by atoms with van der Waals surface area (Å²) in [5.41, 5.74) is 4.18. The number of rotatable bonds is 3. The maximum absolute atomic E-state index is 13.0. The number of carbonyl (C=O) groups is 2. The maximum Gasteiger partial charge on any atom is 0.337 e. The van der Waals surface area contributed by atoms with Crippen LogP contribution in [0.5, 0.6) is 0 Å². The van der Waals surface area contributed by atoms with E-state index in [9.17, 15) is 19.5 Å². The summed E-state index contributed by atoms with van der Waals surface area (Å²) >= 11 is 0. The van der Waals surface area contributed by atoms with Crippen LogP contribution in [0.4, 0.5) is 5.69 Å². The van der Waals surface area contributed by atoms with E-state index in [1.807, 2.05) is 30.3 Å². The van der Waals surface area contributed by atoms with Crippen molar-refractivity contribution >= 4 is 34.9 Å². The Morgan fingerprint density at radius 3 is 2.59 bits per heavy atom. The van der Waals surface area contributed by atoms with E-state index in [-0.39, 0.29) is 17.0 Å². The average Bonchev–Trinajstić information content (AvgIpc) is 2.69. The van der Waals surface area contributed by atoms with Gasteiger partial charge in [-0.05, 0) is 60.7 Å². The van der Waals surface area contributed by atoms with Gasteiger partial charge in [-0.2, -0.15) is 0 Å². The van der Waals surface area contributed by atoms with Crippen molar-refractivity contribution in [1.82, 2.24) is 9.38 Å². The minimum atomic E-state index is -1.08. The number of carboxylic acid groups (broad SMARTS) is 1. The fourth-order valence-corrected chi connectivity index (χ4v) is 3.57. The number of hydrogen-bond acceptors (Lipinski definition) is 4. The minimum absolute atomic E-state index is 0.0483. The fourth-order valence-electron chi connectivity index (χ4n) is 3.57. The maximum atomic E-state index is 13.0. The molecule has 0 atom stereocenters. The second-order valence-corrected chi connectivity index (χ2v) is 7.02. The second kappa shape index (κ2) is 7.35. The van der Waals surface area contributed by atoms with Crippen LogP contribution >= 0.6 is 0 Å². The van der Waals surface area contributed by atoms with E-state index in [1.165, 1.54) is 23.6 Å². The largest absolute Gasteiger partial charge is 0.478 e. The zero-order valence-corrected chi connectivity index (χ0v) is 15.8. The van der Waals surface area contributed by atoms with Gasteiger partial charge in [0, 0.05) is 24.4 Å². The van der Waals surface area contributed by atoms with Gasteiger partial charge in [0.05, 0.1) is 11.3 Å². The third-order valence-corrected chi connectivity index (χ3v) is 4.91. The van der Waals surface area contributed by atoms with Crippen molar-refractivity contribution in [1.29, 1.82) is 0 Å². The summed E-state index contributed by atoms with van der Waals surface area (Å²) in [4.78, 5) is 40.0. The summed E-state index contributed by atoms with van der Waals surface area (Å²) < 4.78 is 1.31. The molecule has 0 aliphatic heterocycles. The summed E-state index contributed by atoms with van der Waals surface area (Å²) in [6.07, 6.45) is 5.57. The molecule has 4 rings (SSSR count). The molecule has 0 saturated heterocycles. The number of amides is 1. The molecule has 0 fully saturated rings. The number of nitrogens with one attached hydrogen (secondary N) is 1. The fraction of sp³-hybridized carbons (Fsp3) is 0.182. The lowest BCUT2D eigenvalue weighted by molar-refractivity contribution is -0.114. The van der Waals surface area contributed by atoms with Crippen LogP contribution in [0.2, 0.25) is 0 Å². The molecular weight excluding hydrogens is 370 g/mol. The van der Waals surface area contributed by atoms with Gasteiger partial charge >= 0.3 is 5.97 Å². The highest BCUT2D eigenvalue weighted by Crippen LogP contribution is 2.30. The zero-order chi connectivity index (χ0) is 20.5. The monoisotopic (exact) mass is 389 g/mol. The third-order valence-electron chi connectivity index (χ3n) is 4.91. The SMILES string of the molecule is CC(=O)Nc1ccc(C=C2CCCc3c2nc2ccc(C(=O)O)cn2c3=O)cc1. The lowest BCUT2D eigenvalue weighted by atomic mass is 9.90. The van der Waals surface area contributed by atoms with E-state index in [0.29, 0.717) is 23.3 Å². The van der Waals surface area contributed by atoms with Gasteiger partial charge in [0.15, 0.2) is 0 Å². The number of hydrogen-bond donors (Lipinski definition) is 2. The van der Waals surface area contributed by atoms with Gasteiger partial charge in [0.2, 0.25) is 5.91 Å². The number of carboxylic acids is 1. The van der Waals surface area contributed by atoms with E-state index in [1.54, 1.807) is 6.07 Å². The first-order valence-electron chi connectivity index (χ1n) is 9.29. The molecule has 2 N–H and O–H groups in total. The number of aromatic carboxylic acids is 1. The molecule has 1 aliphatic rings. The lowest BCUT2D eigenvalue weighted by Crippen LogP contribution is -2.25. The van der Waals surface area contributed by atoms with Crippen molar-refractivity contribution in [2.75, 3.05) is 5.32 Å². The average molecular weight is 389 g/mol. The summed E-state index contributed by atoms with van der Waals surface area (Å²) in [6, 6.07) is 10.5. The normalized spacial score (nSPS) is 14.6. The molecule has 1 amide bonds. The van der Waals surface area contributed by atoms with E-state index in [2.05, 4.69) is 10.3 Å². The second-order valence-electron chi connectivity index (χ2n) is 7.02.